The lowest BCUT2D eigenvalue weighted by Gasteiger charge is -2.29. The van der Waals surface area contributed by atoms with E-state index in [1.165, 1.54) is 23.9 Å². The summed E-state index contributed by atoms with van der Waals surface area (Å²) >= 11 is 0. The maximum Gasteiger partial charge on any atom is 0.267 e. The number of nitrogens with zero attached hydrogens (tertiary/aromatic N) is 4. The second-order valence-electron chi connectivity index (χ2n) is 8.13. The summed E-state index contributed by atoms with van der Waals surface area (Å²) in [5, 5.41) is 5.94. The van der Waals surface area contributed by atoms with Crippen LogP contribution in [0.1, 0.15) is 42.6 Å². The fourth-order valence-corrected chi connectivity index (χ4v) is 4.80. The summed E-state index contributed by atoms with van der Waals surface area (Å²) < 4.78 is 1.71. The molecule has 0 radical (unpaired) electrons. The lowest BCUT2D eigenvalue weighted by atomic mass is 9.97. The molecule has 1 aromatic carbocycles. The van der Waals surface area contributed by atoms with Crippen molar-refractivity contribution in [2.24, 2.45) is 0 Å². The van der Waals surface area contributed by atoms with Gasteiger partial charge in [-0.25, -0.2) is 4.68 Å². The molecule has 1 fully saturated rings. The Balaban J connectivity index is 1.50. The van der Waals surface area contributed by atoms with Crippen molar-refractivity contribution in [3.63, 3.8) is 0 Å². The fourth-order valence-electron chi connectivity index (χ4n) is 4.80. The van der Waals surface area contributed by atoms with E-state index >= 15 is 0 Å². The topological polar surface area (TPSA) is 51.0 Å². The van der Waals surface area contributed by atoms with Gasteiger partial charge in [0, 0.05) is 35.4 Å². The lowest BCUT2D eigenvalue weighted by molar-refractivity contribution is 0.474. The molecular formula is C23H26N4O. The van der Waals surface area contributed by atoms with Crippen LogP contribution in [0.2, 0.25) is 0 Å². The average Bonchev–Trinajstić information content (AvgIpc) is 3.16. The summed E-state index contributed by atoms with van der Waals surface area (Å²) in [5.74, 6) is 0. The molecule has 1 atom stereocenters. The Morgan fingerprint density at radius 3 is 2.89 bits per heavy atom. The highest BCUT2D eigenvalue weighted by Gasteiger charge is 2.28. The van der Waals surface area contributed by atoms with Gasteiger partial charge in [0.15, 0.2) is 0 Å². The van der Waals surface area contributed by atoms with E-state index in [4.69, 9.17) is 5.10 Å². The first-order valence-electron chi connectivity index (χ1n) is 10.4. The molecule has 5 rings (SSSR count). The van der Waals surface area contributed by atoms with Gasteiger partial charge in [-0.2, -0.15) is 5.10 Å². The molecule has 2 aliphatic rings. The van der Waals surface area contributed by atoms with E-state index in [2.05, 4.69) is 41.1 Å². The number of hydrogen-bond acceptors (Lipinski definition) is 4. The van der Waals surface area contributed by atoms with Gasteiger partial charge in [-0.15, -0.1) is 0 Å². The molecule has 2 aromatic heterocycles. The van der Waals surface area contributed by atoms with Crippen molar-refractivity contribution < 1.29 is 0 Å². The number of aryl methyl sites for hydroxylation is 3. The van der Waals surface area contributed by atoms with Crippen LogP contribution in [0.3, 0.4) is 0 Å². The van der Waals surface area contributed by atoms with Crippen LogP contribution >= 0.6 is 0 Å². The van der Waals surface area contributed by atoms with E-state index < -0.39 is 0 Å². The molecule has 0 amide bonds. The molecule has 1 saturated heterocycles. The maximum atomic E-state index is 12.7. The van der Waals surface area contributed by atoms with Gasteiger partial charge in [0.05, 0.1) is 17.8 Å². The highest BCUT2D eigenvalue weighted by Crippen LogP contribution is 2.32. The van der Waals surface area contributed by atoms with Crippen LogP contribution in [0.4, 0.5) is 5.69 Å². The molecule has 0 bridgehead atoms. The number of aromatic nitrogens is 3. The summed E-state index contributed by atoms with van der Waals surface area (Å²) in [5.41, 5.74) is 5.63. The van der Waals surface area contributed by atoms with E-state index in [0.717, 1.165) is 54.7 Å². The highest BCUT2D eigenvalue weighted by molar-refractivity contribution is 5.92. The Morgan fingerprint density at radius 1 is 1.11 bits per heavy atom. The van der Waals surface area contributed by atoms with Crippen molar-refractivity contribution in [1.29, 1.82) is 0 Å². The van der Waals surface area contributed by atoms with Crippen LogP contribution in [0.5, 0.6) is 0 Å². The van der Waals surface area contributed by atoms with Crippen molar-refractivity contribution in [3.8, 4) is 0 Å². The van der Waals surface area contributed by atoms with Gasteiger partial charge in [-0.05, 0) is 63.1 Å². The van der Waals surface area contributed by atoms with E-state index in [1.807, 2.05) is 12.1 Å². The van der Waals surface area contributed by atoms with Gasteiger partial charge < -0.3 is 4.90 Å². The molecule has 0 saturated carbocycles. The zero-order valence-electron chi connectivity index (χ0n) is 16.4. The van der Waals surface area contributed by atoms with Crippen molar-refractivity contribution in [2.45, 2.75) is 58.0 Å². The monoisotopic (exact) mass is 374 g/mol. The van der Waals surface area contributed by atoms with Crippen molar-refractivity contribution >= 4 is 16.6 Å². The molecule has 3 aromatic rings. The first-order valence-corrected chi connectivity index (χ1v) is 10.4. The van der Waals surface area contributed by atoms with E-state index in [0.29, 0.717) is 6.54 Å². The van der Waals surface area contributed by atoms with Gasteiger partial charge in [-0.1, -0.05) is 18.2 Å². The van der Waals surface area contributed by atoms with Gasteiger partial charge in [0.1, 0.15) is 0 Å². The van der Waals surface area contributed by atoms with Crippen molar-refractivity contribution in [3.05, 3.63) is 63.7 Å². The smallest absolute Gasteiger partial charge is 0.267 e. The SMILES string of the molecule is Cc1cc(N2CCCC2Cn2nc3c(cc2=O)CCCC3)c2ccccc2n1. The molecule has 1 aliphatic heterocycles. The van der Waals surface area contributed by atoms with Crippen LogP contribution in [0, 0.1) is 6.92 Å². The van der Waals surface area contributed by atoms with Crippen LogP contribution in [-0.4, -0.2) is 27.4 Å². The third-order valence-corrected chi connectivity index (χ3v) is 6.17. The van der Waals surface area contributed by atoms with Gasteiger partial charge in [0.25, 0.3) is 5.56 Å². The molecule has 5 nitrogen and oxygen atoms in total. The zero-order valence-corrected chi connectivity index (χ0v) is 16.4. The number of para-hydroxylation sites is 1. The average molecular weight is 374 g/mol. The molecule has 0 N–H and O–H groups in total. The number of hydrogen-bond donors (Lipinski definition) is 0. The van der Waals surface area contributed by atoms with Crippen LogP contribution in [0.25, 0.3) is 10.9 Å². The second-order valence-corrected chi connectivity index (χ2v) is 8.13. The standard InChI is InChI=1S/C23H26N4O/c1-16-13-22(19-9-3-5-11-21(19)24-16)26-12-6-8-18(26)15-27-23(28)14-17-7-2-4-10-20(17)25-27/h3,5,9,11,13-14,18H,2,4,6-8,10,12,15H2,1H3. The summed E-state index contributed by atoms with van der Waals surface area (Å²) in [6.07, 6.45) is 6.56. The highest BCUT2D eigenvalue weighted by atomic mass is 16.1. The van der Waals surface area contributed by atoms with E-state index in [9.17, 15) is 4.79 Å². The minimum Gasteiger partial charge on any atom is -0.366 e. The Labute approximate surface area is 165 Å². The van der Waals surface area contributed by atoms with Gasteiger partial charge in [0.2, 0.25) is 0 Å². The molecule has 144 valence electrons. The number of fused-ring (bicyclic) bond motifs is 2. The maximum absolute atomic E-state index is 12.7. The molecule has 5 heteroatoms. The molecule has 1 unspecified atom stereocenters. The van der Waals surface area contributed by atoms with E-state index in [1.54, 1.807) is 4.68 Å². The molecule has 3 heterocycles. The minimum atomic E-state index is 0.0447. The predicted molar refractivity (Wildman–Crippen MR) is 112 cm³/mol. The number of rotatable bonds is 3. The normalized spacial score (nSPS) is 19.2. The number of anilines is 1. The van der Waals surface area contributed by atoms with E-state index in [-0.39, 0.29) is 11.6 Å². The molecule has 0 spiro atoms. The third kappa shape index (κ3) is 3.09. The Kier molecular flexibility index (Phi) is 4.38. The van der Waals surface area contributed by atoms with Crippen molar-refractivity contribution in [2.75, 3.05) is 11.4 Å². The fraction of sp³-hybridized carbons (Fsp3) is 0.435. The summed E-state index contributed by atoms with van der Waals surface area (Å²) in [4.78, 5) is 19.8. The Bertz CT molecular complexity index is 1090. The summed E-state index contributed by atoms with van der Waals surface area (Å²) in [6.45, 7) is 3.72. The summed E-state index contributed by atoms with van der Waals surface area (Å²) in [7, 11) is 0. The Morgan fingerprint density at radius 2 is 1.96 bits per heavy atom. The van der Waals surface area contributed by atoms with Gasteiger partial charge in [-0.3, -0.25) is 9.78 Å². The first kappa shape index (κ1) is 17.4. The molecule has 28 heavy (non-hydrogen) atoms. The van der Waals surface area contributed by atoms with Crippen LogP contribution < -0.4 is 10.5 Å². The lowest BCUT2D eigenvalue weighted by Crippen LogP contribution is -2.38. The second kappa shape index (κ2) is 7.04. The Hall–Kier alpha value is -2.69. The van der Waals surface area contributed by atoms with Crippen LogP contribution in [-0.2, 0) is 19.4 Å². The summed E-state index contributed by atoms with van der Waals surface area (Å²) in [6, 6.07) is 12.6. The largest absolute Gasteiger partial charge is 0.366 e. The molecule has 1 aliphatic carbocycles. The third-order valence-electron chi connectivity index (χ3n) is 6.17. The number of pyridine rings is 1. The number of benzene rings is 1. The van der Waals surface area contributed by atoms with Crippen LogP contribution in [0.15, 0.2) is 41.2 Å². The predicted octanol–water partition coefficient (Wildman–Crippen LogP) is 3.65. The van der Waals surface area contributed by atoms with Crippen molar-refractivity contribution in [1.82, 2.24) is 14.8 Å². The first-order chi connectivity index (χ1) is 13.7. The molecular weight excluding hydrogens is 348 g/mol. The minimum absolute atomic E-state index is 0.0447. The zero-order chi connectivity index (χ0) is 19.1. The quantitative estimate of drug-likeness (QED) is 0.702. The van der Waals surface area contributed by atoms with Gasteiger partial charge >= 0.3 is 0 Å².